The SMILES string of the molecule is CCc1nnc(C(=O)Nc2ccc(C(=O)N[C@@H](C)CC)cc2)s1. The maximum Gasteiger partial charge on any atom is 0.286 e. The van der Waals surface area contributed by atoms with E-state index in [0.29, 0.717) is 16.3 Å². The Morgan fingerprint density at radius 3 is 2.39 bits per heavy atom. The summed E-state index contributed by atoms with van der Waals surface area (Å²) in [5.74, 6) is -0.409. The summed E-state index contributed by atoms with van der Waals surface area (Å²) in [5, 5.41) is 14.6. The Kier molecular flexibility index (Phi) is 5.81. The van der Waals surface area contributed by atoms with E-state index < -0.39 is 0 Å². The molecule has 0 aliphatic carbocycles. The fraction of sp³-hybridized carbons (Fsp3) is 0.375. The minimum atomic E-state index is -0.293. The Morgan fingerprint density at radius 1 is 1.13 bits per heavy atom. The molecule has 6 nitrogen and oxygen atoms in total. The number of benzene rings is 1. The van der Waals surface area contributed by atoms with E-state index in [9.17, 15) is 9.59 Å². The maximum atomic E-state index is 12.1. The van der Waals surface area contributed by atoms with Crippen LogP contribution in [0.5, 0.6) is 0 Å². The van der Waals surface area contributed by atoms with Gasteiger partial charge in [0, 0.05) is 17.3 Å². The minimum absolute atomic E-state index is 0.117. The van der Waals surface area contributed by atoms with Gasteiger partial charge in [-0.3, -0.25) is 9.59 Å². The van der Waals surface area contributed by atoms with Crippen molar-refractivity contribution in [1.82, 2.24) is 15.5 Å². The smallest absolute Gasteiger partial charge is 0.286 e. The molecular formula is C16H20N4O2S. The zero-order chi connectivity index (χ0) is 16.8. The molecule has 0 saturated heterocycles. The average molecular weight is 332 g/mol. The van der Waals surface area contributed by atoms with E-state index in [4.69, 9.17) is 0 Å². The monoisotopic (exact) mass is 332 g/mol. The Bertz CT molecular complexity index is 682. The molecule has 0 aliphatic rings. The van der Waals surface area contributed by atoms with Crippen molar-refractivity contribution in [2.75, 3.05) is 5.32 Å². The first-order valence-corrected chi connectivity index (χ1v) is 8.39. The number of rotatable bonds is 6. The van der Waals surface area contributed by atoms with Gasteiger partial charge in [0.25, 0.3) is 11.8 Å². The van der Waals surface area contributed by atoms with E-state index in [-0.39, 0.29) is 17.9 Å². The topological polar surface area (TPSA) is 84.0 Å². The van der Waals surface area contributed by atoms with Gasteiger partial charge in [-0.05, 0) is 44.0 Å². The van der Waals surface area contributed by atoms with Crippen LogP contribution in [0.3, 0.4) is 0 Å². The Hall–Kier alpha value is -2.28. The number of hydrogen-bond acceptors (Lipinski definition) is 5. The molecule has 2 aromatic rings. The van der Waals surface area contributed by atoms with E-state index in [1.54, 1.807) is 24.3 Å². The summed E-state index contributed by atoms with van der Waals surface area (Å²) in [6.45, 7) is 5.94. The van der Waals surface area contributed by atoms with Crippen molar-refractivity contribution in [2.24, 2.45) is 0 Å². The molecule has 0 unspecified atom stereocenters. The Labute approximate surface area is 139 Å². The van der Waals surface area contributed by atoms with E-state index in [2.05, 4.69) is 20.8 Å². The van der Waals surface area contributed by atoms with Crippen LogP contribution in [0.25, 0.3) is 0 Å². The summed E-state index contributed by atoms with van der Waals surface area (Å²) >= 11 is 1.28. The molecule has 7 heteroatoms. The van der Waals surface area contributed by atoms with Gasteiger partial charge >= 0.3 is 0 Å². The lowest BCUT2D eigenvalue weighted by atomic mass is 10.1. The highest BCUT2D eigenvalue weighted by Crippen LogP contribution is 2.14. The highest BCUT2D eigenvalue weighted by atomic mass is 32.1. The van der Waals surface area contributed by atoms with Crippen LogP contribution in [-0.2, 0) is 6.42 Å². The Balaban J connectivity index is 1.99. The van der Waals surface area contributed by atoms with Crippen LogP contribution in [0.1, 0.15) is 52.4 Å². The van der Waals surface area contributed by atoms with Gasteiger partial charge in [0.1, 0.15) is 5.01 Å². The lowest BCUT2D eigenvalue weighted by Gasteiger charge is -2.11. The van der Waals surface area contributed by atoms with Crippen LogP contribution >= 0.6 is 11.3 Å². The van der Waals surface area contributed by atoms with Crippen molar-refractivity contribution in [3.8, 4) is 0 Å². The number of aromatic nitrogens is 2. The molecule has 2 N–H and O–H groups in total. The number of carbonyl (C=O) groups is 2. The Morgan fingerprint density at radius 2 is 1.83 bits per heavy atom. The quantitative estimate of drug-likeness (QED) is 0.852. The maximum absolute atomic E-state index is 12.1. The van der Waals surface area contributed by atoms with Gasteiger partial charge < -0.3 is 10.6 Å². The van der Waals surface area contributed by atoms with Crippen molar-refractivity contribution in [3.63, 3.8) is 0 Å². The fourth-order valence-electron chi connectivity index (χ4n) is 1.79. The van der Waals surface area contributed by atoms with E-state index >= 15 is 0 Å². The van der Waals surface area contributed by atoms with Crippen LogP contribution in [0.4, 0.5) is 5.69 Å². The number of amides is 2. The molecule has 1 heterocycles. The molecule has 1 aromatic heterocycles. The second-order valence-corrected chi connectivity index (χ2v) is 6.23. The minimum Gasteiger partial charge on any atom is -0.350 e. The molecule has 2 amide bonds. The van der Waals surface area contributed by atoms with Gasteiger partial charge in [0.05, 0.1) is 0 Å². The largest absolute Gasteiger partial charge is 0.350 e. The second-order valence-electron chi connectivity index (χ2n) is 5.17. The molecule has 0 saturated carbocycles. The normalized spacial score (nSPS) is 11.8. The van der Waals surface area contributed by atoms with Gasteiger partial charge in [-0.1, -0.05) is 25.2 Å². The predicted octanol–water partition coefficient (Wildman–Crippen LogP) is 2.88. The van der Waals surface area contributed by atoms with Crippen LogP contribution in [0.15, 0.2) is 24.3 Å². The van der Waals surface area contributed by atoms with E-state index in [0.717, 1.165) is 17.8 Å². The number of nitrogens with one attached hydrogen (secondary N) is 2. The first-order valence-electron chi connectivity index (χ1n) is 7.58. The number of hydrogen-bond donors (Lipinski definition) is 2. The van der Waals surface area contributed by atoms with E-state index in [1.807, 2.05) is 20.8 Å². The first-order chi connectivity index (χ1) is 11.0. The highest BCUT2D eigenvalue weighted by Gasteiger charge is 2.13. The van der Waals surface area contributed by atoms with Crippen molar-refractivity contribution < 1.29 is 9.59 Å². The third-order valence-electron chi connectivity index (χ3n) is 3.36. The summed E-state index contributed by atoms with van der Waals surface area (Å²) < 4.78 is 0. The molecule has 1 aromatic carbocycles. The van der Waals surface area contributed by atoms with Crippen molar-refractivity contribution in [3.05, 3.63) is 39.8 Å². The zero-order valence-corrected chi connectivity index (χ0v) is 14.2. The number of nitrogens with zero attached hydrogens (tertiary/aromatic N) is 2. The molecule has 1 atom stereocenters. The van der Waals surface area contributed by atoms with Gasteiger partial charge in [-0.25, -0.2) is 0 Å². The van der Waals surface area contributed by atoms with Gasteiger partial charge in [0.2, 0.25) is 5.01 Å². The summed E-state index contributed by atoms with van der Waals surface area (Å²) in [4.78, 5) is 24.1. The average Bonchev–Trinajstić information content (AvgIpc) is 3.04. The van der Waals surface area contributed by atoms with Crippen molar-refractivity contribution >= 4 is 28.8 Å². The molecule has 0 spiro atoms. The summed E-state index contributed by atoms with van der Waals surface area (Å²) in [7, 11) is 0. The third-order valence-corrected chi connectivity index (χ3v) is 4.42. The number of carbonyl (C=O) groups excluding carboxylic acids is 2. The number of aryl methyl sites for hydroxylation is 1. The van der Waals surface area contributed by atoms with Crippen molar-refractivity contribution in [2.45, 2.75) is 39.7 Å². The lowest BCUT2D eigenvalue weighted by molar-refractivity contribution is 0.0938. The molecular weight excluding hydrogens is 312 g/mol. The zero-order valence-electron chi connectivity index (χ0n) is 13.4. The standard InChI is InChI=1S/C16H20N4O2S/c1-4-10(3)17-14(21)11-6-8-12(9-7-11)18-15(22)16-20-19-13(5-2)23-16/h6-10H,4-5H2,1-3H3,(H,17,21)(H,18,22)/t10-/m0/s1. The van der Waals surface area contributed by atoms with Gasteiger partial charge in [-0.2, -0.15) is 0 Å². The van der Waals surface area contributed by atoms with E-state index in [1.165, 1.54) is 11.3 Å². The summed E-state index contributed by atoms with van der Waals surface area (Å²) in [6, 6.07) is 6.90. The van der Waals surface area contributed by atoms with Crippen molar-refractivity contribution in [1.29, 1.82) is 0 Å². The first kappa shape index (κ1) is 17.1. The predicted molar refractivity (Wildman–Crippen MR) is 90.9 cm³/mol. The third kappa shape index (κ3) is 4.59. The lowest BCUT2D eigenvalue weighted by Crippen LogP contribution is -2.31. The summed E-state index contributed by atoms with van der Waals surface area (Å²) in [6.07, 6.45) is 1.63. The van der Waals surface area contributed by atoms with Gasteiger partial charge in [-0.15, -0.1) is 10.2 Å². The fourth-order valence-corrected chi connectivity index (χ4v) is 2.46. The summed E-state index contributed by atoms with van der Waals surface area (Å²) in [5.41, 5.74) is 1.18. The molecule has 23 heavy (non-hydrogen) atoms. The van der Waals surface area contributed by atoms with Gasteiger partial charge in [0.15, 0.2) is 0 Å². The van der Waals surface area contributed by atoms with Crippen LogP contribution in [0, 0.1) is 0 Å². The van der Waals surface area contributed by atoms with Crippen LogP contribution in [0.2, 0.25) is 0 Å². The molecule has 0 bridgehead atoms. The number of anilines is 1. The van der Waals surface area contributed by atoms with Crippen LogP contribution < -0.4 is 10.6 Å². The molecule has 0 radical (unpaired) electrons. The molecule has 2 rings (SSSR count). The molecule has 0 fully saturated rings. The van der Waals surface area contributed by atoms with Crippen LogP contribution in [-0.4, -0.2) is 28.1 Å². The highest BCUT2D eigenvalue weighted by molar-refractivity contribution is 7.13. The second kappa shape index (κ2) is 7.82. The molecule has 0 aliphatic heterocycles. The molecule has 122 valence electrons.